The normalized spacial score (nSPS) is 21.2. The number of β-amino-alcohol motifs (C(OH)–C–C–N with tert-alkyl or cyclic N) is 2. The van der Waals surface area contributed by atoms with Crippen molar-refractivity contribution < 1.29 is 24.9 Å². The standard InChI is InChI=1S/C25H26ClN9O2.C17H22N6O.C8H6ClN3O2/c1-15-12-35-23(30-24(15)33-13-17(10-27)22(36)14-33)9-20(31-35)21-4-2-3-7-34(21)25(37)19-8-18(26)6-5-16(19)11-29-32-28;1-11-8-23-16(6-14(21-23)13-4-2-3-5-19-13)20-17(11)22-9-12(7-18)15(24)10-22;9-6-2-1-5(4-11-12-10)7(3-6)8(13)14/h5-6,8-9,12,17,21-22,36H,2-4,7,11,13-14H2,1H3;6,8,12-13,15,19,24H,2-5,9-10H2,1H3;1-3H,4H2,(H,13,14)/t17-,21+,22+;12-,13+,15+;/m11./s1. The number of carbonyl (C=O) groups is 2. The zero-order chi connectivity index (χ0) is 53.3. The number of aliphatic hydroxyl groups excluding tert-OH is 2. The Hall–Kier alpha value is -7.72. The quantitative estimate of drug-likeness (QED) is 0.0571. The number of nitrogens with zero attached hydrogens (tertiary/aromatic N) is 17. The van der Waals surface area contributed by atoms with Gasteiger partial charge in [-0.05, 0) is 99.0 Å². The minimum absolute atomic E-state index is 0.00923. The molecule has 0 aliphatic carbocycles. The van der Waals surface area contributed by atoms with Crippen molar-refractivity contribution in [1.29, 1.82) is 10.5 Å². The number of piperidine rings is 2. The van der Waals surface area contributed by atoms with Crippen molar-refractivity contribution in [3.05, 3.63) is 137 Å². The topological polar surface area (TPSA) is 322 Å². The molecule has 4 fully saturated rings. The van der Waals surface area contributed by atoms with Gasteiger partial charge in [0, 0.05) is 93.8 Å². The van der Waals surface area contributed by atoms with Crippen LogP contribution in [-0.4, -0.2) is 113 Å². The van der Waals surface area contributed by atoms with Crippen LogP contribution in [0.4, 0.5) is 11.6 Å². The molecule has 4 aliphatic rings. The monoisotopic (exact) mass is 1060 g/mol. The lowest BCUT2D eigenvalue weighted by Crippen LogP contribution is -2.39. The number of fused-ring (bicyclic) bond motifs is 2. The lowest BCUT2D eigenvalue weighted by molar-refractivity contribution is 0.0603. The van der Waals surface area contributed by atoms with E-state index in [-0.39, 0.29) is 36.5 Å². The Labute approximate surface area is 440 Å². The number of hydrogen-bond donors (Lipinski definition) is 4. The first kappa shape index (κ1) is 53.6. The third-order valence-electron chi connectivity index (χ3n) is 13.7. The van der Waals surface area contributed by atoms with Gasteiger partial charge in [-0.25, -0.2) is 23.8 Å². The lowest BCUT2D eigenvalue weighted by Gasteiger charge is -2.35. The number of carbonyl (C=O) groups excluding carboxylic acids is 1. The fourth-order valence-electron chi connectivity index (χ4n) is 9.91. The van der Waals surface area contributed by atoms with Gasteiger partial charge in [0.25, 0.3) is 5.91 Å². The number of aliphatic hydroxyl groups is 2. The van der Waals surface area contributed by atoms with E-state index in [9.17, 15) is 25.1 Å². The van der Waals surface area contributed by atoms with E-state index in [0.717, 1.165) is 66.2 Å². The number of benzene rings is 2. The summed E-state index contributed by atoms with van der Waals surface area (Å²) < 4.78 is 3.55. The van der Waals surface area contributed by atoms with Crippen LogP contribution in [0.3, 0.4) is 0 Å². The molecule has 4 saturated heterocycles. The summed E-state index contributed by atoms with van der Waals surface area (Å²) in [5, 5.41) is 68.0. The molecule has 10 rings (SSSR count). The van der Waals surface area contributed by atoms with E-state index >= 15 is 0 Å². The van der Waals surface area contributed by atoms with Crippen LogP contribution >= 0.6 is 23.2 Å². The van der Waals surface area contributed by atoms with Gasteiger partial charge in [0.1, 0.15) is 11.6 Å². The van der Waals surface area contributed by atoms with Gasteiger partial charge >= 0.3 is 5.97 Å². The summed E-state index contributed by atoms with van der Waals surface area (Å²) in [4.78, 5) is 45.2. The molecule has 0 unspecified atom stereocenters. The second-order valence-corrected chi connectivity index (χ2v) is 19.7. The smallest absolute Gasteiger partial charge is 0.336 e. The molecule has 4 aromatic heterocycles. The summed E-state index contributed by atoms with van der Waals surface area (Å²) in [5.74, 6) is -0.512. The summed E-state index contributed by atoms with van der Waals surface area (Å²) in [7, 11) is 0. The Balaban J connectivity index is 0.000000167. The van der Waals surface area contributed by atoms with Gasteiger partial charge in [0.15, 0.2) is 11.3 Å². The highest BCUT2D eigenvalue weighted by molar-refractivity contribution is 6.31. The highest BCUT2D eigenvalue weighted by Crippen LogP contribution is 2.35. The van der Waals surface area contributed by atoms with Gasteiger partial charge in [-0.1, -0.05) is 52.0 Å². The number of aryl methyl sites for hydroxylation is 2. The highest BCUT2D eigenvalue weighted by Gasteiger charge is 2.36. The Kier molecular flexibility index (Phi) is 17.2. The molecule has 4 aliphatic heterocycles. The second kappa shape index (κ2) is 24.1. The van der Waals surface area contributed by atoms with Gasteiger partial charge in [-0.2, -0.15) is 20.7 Å². The van der Waals surface area contributed by atoms with E-state index in [1.54, 1.807) is 28.8 Å². The number of carboxylic acid groups (broad SMARTS) is 1. The molecule has 23 nitrogen and oxygen atoms in total. The maximum atomic E-state index is 13.7. The molecule has 6 atom stereocenters. The van der Waals surface area contributed by atoms with Crippen LogP contribution < -0.4 is 15.1 Å². The molecule has 6 aromatic rings. The van der Waals surface area contributed by atoms with Crippen LogP contribution in [0.15, 0.2) is 71.2 Å². The summed E-state index contributed by atoms with van der Waals surface area (Å²) in [6.45, 7) is 7.35. The number of aromatic carboxylic acids is 1. The van der Waals surface area contributed by atoms with Crippen molar-refractivity contribution in [3.8, 4) is 12.1 Å². The van der Waals surface area contributed by atoms with E-state index in [2.05, 4.69) is 42.6 Å². The molecular weight excluding hydrogens is 1000 g/mol. The summed E-state index contributed by atoms with van der Waals surface area (Å²) >= 11 is 11.8. The third-order valence-corrected chi connectivity index (χ3v) is 14.2. The number of aromatic nitrogens is 6. The molecule has 0 spiro atoms. The van der Waals surface area contributed by atoms with Crippen molar-refractivity contribution in [2.45, 2.75) is 89.8 Å². The van der Waals surface area contributed by atoms with Crippen LogP contribution in [0.25, 0.3) is 32.2 Å². The summed E-state index contributed by atoms with van der Waals surface area (Å²) in [6, 6.07) is 17.8. The van der Waals surface area contributed by atoms with E-state index in [1.165, 1.54) is 25.0 Å². The SMILES string of the molecule is Cc1cn2nc([C@@H]3CCCCN3)cc2nc1N1C[C@@H](C#N)[C@@H](O)C1.Cc1cn2nc([C@@H]3CCCCN3C(=O)c3cc(Cl)ccc3CN=[N+]=[N-])cc2nc1N1C[C@@H](C#N)[C@@H](O)C1.[N-]=[N+]=NCc1ccc(Cl)cc1C(=O)O. The maximum absolute atomic E-state index is 13.7. The summed E-state index contributed by atoms with van der Waals surface area (Å²) in [6.07, 6.45) is 8.70. The van der Waals surface area contributed by atoms with E-state index in [4.69, 9.17) is 59.7 Å². The number of amides is 1. The zero-order valence-electron chi connectivity index (χ0n) is 41.2. The lowest BCUT2D eigenvalue weighted by atomic mass is 9.97. The molecule has 75 heavy (non-hydrogen) atoms. The van der Waals surface area contributed by atoms with Crippen molar-refractivity contribution in [2.75, 3.05) is 49.1 Å². The Morgan fingerprint density at radius 1 is 0.747 bits per heavy atom. The number of nitrogens with one attached hydrogen (secondary N) is 1. The van der Waals surface area contributed by atoms with Crippen LogP contribution in [0.2, 0.25) is 10.0 Å². The number of anilines is 2. The van der Waals surface area contributed by atoms with Gasteiger partial charge in [0.05, 0.1) is 78.3 Å². The number of likely N-dealkylation sites (tertiary alicyclic amines) is 1. The largest absolute Gasteiger partial charge is 0.478 e. The first-order valence-corrected chi connectivity index (χ1v) is 25.2. The molecule has 0 saturated carbocycles. The number of nitriles is 2. The van der Waals surface area contributed by atoms with Crippen molar-refractivity contribution >= 4 is 58.0 Å². The predicted molar refractivity (Wildman–Crippen MR) is 278 cm³/mol. The molecule has 8 heterocycles. The van der Waals surface area contributed by atoms with Crippen molar-refractivity contribution in [1.82, 2.24) is 39.4 Å². The first-order valence-electron chi connectivity index (χ1n) is 24.4. The van der Waals surface area contributed by atoms with Crippen LogP contribution in [0, 0.1) is 48.3 Å². The Morgan fingerprint density at radius 3 is 1.77 bits per heavy atom. The minimum atomic E-state index is -1.09. The molecular formula is C50H54Cl2N18O5. The van der Waals surface area contributed by atoms with Crippen molar-refractivity contribution in [2.24, 2.45) is 22.1 Å². The van der Waals surface area contributed by atoms with Gasteiger partial charge < -0.3 is 35.3 Å². The van der Waals surface area contributed by atoms with Crippen LogP contribution in [0.5, 0.6) is 0 Å². The number of hydrogen-bond acceptors (Lipinski definition) is 15. The van der Waals surface area contributed by atoms with Gasteiger partial charge in [0.2, 0.25) is 0 Å². The maximum Gasteiger partial charge on any atom is 0.336 e. The molecule has 0 radical (unpaired) electrons. The number of rotatable bonds is 10. The predicted octanol–water partition coefficient (Wildman–Crippen LogP) is 8.21. The average molecular weight is 1060 g/mol. The van der Waals surface area contributed by atoms with E-state index in [1.807, 2.05) is 57.6 Å². The highest BCUT2D eigenvalue weighted by atomic mass is 35.5. The average Bonchev–Trinajstić information content (AvgIpc) is 4.22. The number of halogens is 2. The van der Waals surface area contributed by atoms with Crippen LogP contribution in [-0.2, 0) is 13.1 Å². The minimum Gasteiger partial charge on any atom is -0.478 e. The molecule has 1 amide bonds. The molecule has 25 heteroatoms. The van der Waals surface area contributed by atoms with Crippen LogP contribution in [0.1, 0.15) is 105 Å². The fraction of sp³-hybridized carbons (Fsp3) is 0.440. The molecule has 388 valence electrons. The zero-order valence-corrected chi connectivity index (χ0v) is 42.7. The second-order valence-electron chi connectivity index (χ2n) is 18.9. The molecule has 2 aromatic carbocycles. The third kappa shape index (κ3) is 12.3. The Bertz CT molecular complexity index is 3280. The number of azide groups is 2. The number of carboxylic acids is 1. The Morgan fingerprint density at radius 2 is 1.27 bits per heavy atom. The van der Waals surface area contributed by atoms with Gasteiger partial charge in [-0.3, -0.25) is 4.79 Å². The fourth-order valence-corrected chi connectivity index (χ4v) is 10.3. The van der Waals surface area contributed by atoms with Gasteiger partial charge in [-0.15, -0.1) is 0 Å². The molecule has 4 N–H and O–H groups in total. The molecule has 0 bridgehead atoms. The summed E-state index contributed by atoms with van der Waals surface area (Å²) in [5.41, 5.74) is 23.5. The van der Waals surface area contributed by atoms with E-state index < -0.39 is 24.1 Å². The van der Waals surface area contributed by atoms with Crippen molar-refractivity contribution in [3.63, 3.8) is 0 Å². The van der Waals surface area contributed by atoms with E-state index in [0.29, 0.717) is 77.0 Å². The first-order chi connectivity index (χ1) is 36.2.